The van der Waals surface area contributed by atoms with E-state index in [1.165, 1.54) is 16.4 Å². The standard InChI is InChI=1S/C25H30N4O3/c1-2-29-21-7-4-3-6-19(21)20-16-18(9-10-22(20)29)26-24(30)17-27-11-13-28(14-12-27)25(31)23-8-5-15-32-23/h3-4,6-7,9-10,16,23H,2,5,8,11-15,17H2,1H3,(H,26,30). The first-order valence-electron chi connectivity index (χ1n) is 11.6. The highest BCUT2D eigenvalue weighted by molar-refractivity contribution is 6.09. The highest BCUT2D eigenvalue weighted by Crippen LogP contribution is 2.31. The quantitative estimate of drug-likeness (QED) is 0.670. The summed E-state index contributed by atoms with van der Waals surface area (Å²) in [6.07, 6.45) is 1.52. The average Bonchev–Trinajstić information content (AvgIpc) is 3.45. The monoisotopic (exact) mass is 434 g/mol. The molecule has 32 heavy (non-hydrogen) atoms. The number of para-hydroxylation sites is 1. The maximum atomic E-state index is 12.7. The molecule has 2 fully saturated rings. The number of anilines is 1. The SMILES string of the molecule is CCn1c2ccccc2c2cc(NC(=O)CN3CCN(C(=O)C4CCCO4)CC3)ccc21. The maximum Gasteiger partial charge on any atom is 0.251 e. The molecule has 1 N–H and O–H groups in total. The molecule has 2 aromatic carbocycles. The highest BCUT2D eigenvalue weighted by atomic mass is 16.5. The van der Waals surface area contributed by atoms with Crippen molar-refractivity contribution in [1.29, 1.82) is 0 Å². The summed E-state index contributed by atoms with van der Waals surface area (Å²) in [6.45, 7) is 6.76. The molecule has 7 nitrogen and oxygen atoms in total. The van der Waals surface area contributed by atoms with Crippen LogP contribution < -0.4 is 5.32 Å². The number of piperazine rings is 1. The summed E-state index contributed by atoms with van der Waals surface area (Å²) in [5.41, 5.74) is 3.20. The number of nitrogens with zero attached hydrogens (tertiary/aromatic N) is 3. The number of amides is 2. The van der Waals surface area contributed by atoms with Crippen LogP contribution in [0, 0.1) is 0 Å². The second-order valence-corrected chi connectivity index (χ2v) is 8.64. The van der Waals surface area contributed by atoms with E-state index in [1.54, 1.807) is 0 Å². The normalized spacial score (nSPS) is 19.7. The van der Waals surface area contributed by atoms with Crippen molar-refractivity contribution >= 4 is 39.3 Å². The molecule has 5 rings (SSSR count). The zero-order valence-electron chi connectivity index (χ0n) is 18.5. The molecule has 1 atom stereocenters. The lowest BCUT2D eigenvalue weighted by atomic mass is 10.1. The van der Waals surface area contributed by atoms with Crippen molar-refractivity contribution < 1.29 is 14.3 Å². The molecule has 1 unspecified atom stereocenters. The number of hydrogen-bond donors (Lipinski definition) is 1. The fraction of sp³-hybridized carbons (Fsp3) is 0.440. The maximum absolute atomic E-state index is 12.7. The van der Waals surface area contributed by atoms with E-state index in [2.05, 4.69) is 58.1 Å². The number of carbonyl (C=O) groups excluding carboxylic acids is 2. The van der Waals surface area contributed by atoms with Crippen LogP contribution >= 0.6 is 0 Å². The fourth-order valence-corrected chi connectivity index (χ4v) is 4.98. The van der Waals surface area contributed by atoms with Gasteiger partial charge >= 0.3 is 0 Å². The van der Waals surface area contributed by atoms with Crippen molar-refractivity contribution in [2.75, 3.05) is 44.6 Å². The fourth-order valence-electron chi connectivity index (χ4n) is 4.98. The zero-order chi connectivity index (χ0) is 22.1. The van der Waals surface area contributed by atoms with Gasteiger partial charge in [0.05, 0.1) is 6.54 Å². The van der Waals surface area contributed by atoms with Crippen LogP contribution in [0.3, 0.4) is 0 Å². The van der Waals surface area contributed by atoms with Crippen molar-refractivity contribution in [2.24, 2.45) is 0 Å². The Morgan fingerprint density at radius 3 is 2.56 bits per heavy atom. The minimum Gasteiger partial charge on any atom is -0.368 e. The lowest BCUT2D eigenvalue weighted by Crippen LogP contribution is -2.52. The van der Waals surface area contributed by atoms with Gasteiger partial charge in [-0.05, 0) is 44.0 Å². The summed E-state index contributed by atoms with van der Waals surface area (Å²) in [5.74, 6) is 0.0774. The third-order valence-corrected chi connectivity index (χ3v) is 6.63. The molecule has 2 aliphatic heterocycles. The number of carbonyl (C=O) groups is 2. The Kier molecular flexibility index (Phi) is 5.85. The second kappa shape index (κ2) is 8.92. The summed E-state index contributed by atoms with van der Waals surface area (Å²) in [5, 5.41) is 5.42. The van der Waals surface area contributed by atoms with Gasteiger partial charge in [0.2, 0.25) is 5.91 Å². The van der Waals surface area contributed by atoms with Gasteiger partial charge in [0.15, 0.2) is 0 Å². The Hall–Kier alpha value is -2.90. The van der Waals surface area contributed by atoms with Crippen LogP contribution in [-0.2, 0) is 20.9 Å². The molecular formula is C25H30N4O3. The lowest BCUT2D eigenvalue weighted by Gasteiger charge is -2.35. The van der Waals surface area contributed by atoms with Crippen LogP contribution in [-0.4, -0.2) is 71.6 Å². The molecule has 168 valence electrons. The minimum atomic E-state index is -0.265. The van der Waals surface area contributed by atoms with Gasteiger partial charge in [-0.1, -0.05) is 18.2 Å². The summed E-state index contributed by atoms with van der Waals surface area (Å²) in [4.78, 5) is 29.2. The molecule has 2 saturated heterocycles. The zero-order valence-corrected chi connectivity index (χ0v) is 18.5. The number of ether oxygens (including phenoxy) is 1. The molecule has 2 aliphatic rings. The topological polar surface area (TPSA) is 66.8 Å². The van der Waals surface area contributed by atoms with E-state index in [0.717, 1.165) is 30.5 Å². The van der Waals surface area contributed by atoms with E-state index in [1.807, 2.05) is 11.0 Å². The second-order valence-electron chi connectivity index (χ2n) is 8.64. The Bertz CT molecular complexity index is 1140. The highest BCUT2D eigenvalue weighted by Gasteiger charge is 2.30. The number of benzene rings is 2. The van der Waals surface area contributed by atoms with Crippen LogP contribution in [0.15, 0.2) is 42.5 Å². The molecule has 3 aromatic rings. The number of fused-ring (bicyclic) bond motifs is 3. The van der Waals surface area contributed by atoms with Crippen LogP contribution in [0.4, 0.5) is 5.69 Å². The first-order chi connectivity index (χ1) is 15.6. The molecule has 0 saturated carbocycles. The Labute approximate surface area is 187 Å². The van der Waals surface area contributed by atoms with Crippen molar-refractivity contribution in [3.63, 3.8) is 0 Å². The van der Waals surface area contributed by atoms with Gasteiger partial charge < -0.3 is 19.5 Å². The van der Waals surface area contributed by atoms with Gasteiger partial charge in [0.1, 0.15) is 6.10 Å². The van der Waals surface area contributed by atoms with Crippen molar-refractivity contribution in [2.45, 2.75) is 32.4 Å². The number of rotatable bonds is 5. The molecule has 0 radical (unpaired) electrons. The van der Waals surface area contributed by atoms with Gasteiger partial charge in [-0.3, -0.25) is 14.5 Å². The molecule has 7 heteroatoms. The third kappa shape index (κ3) is 3.98. The van der Waals surface area contributed by atoms with E-state index >= 15 is 0 Å². The third-order valence-electron chi connectivity index (χ3n) is 6.63. The molecule has 3 heterocycles. The molecule has 2 amide bonds. The summed E-state index contributed by atoms with van der Waals surface area (Å²) in [6, 6.07) is 14.5. The van der Waals surface area contributed by atoms with Gasteiger partial charge in [-0.15, -0.1) is 0 Å². The van der Waals surface area contributed by atoms with E-state index in [-0.39, 0.29) is 17.9 Å². The molecule has 0 spiro atoms. The van der Waals surface area contributed by atoms with Crippen LogP contribution in [0.5, 0.6) is 0 Å². The van der Waals surface area contributed by atoms with Gasteiger partial charge in [0.25, 0.3) is 5.91 Å². The first-order valence-corrected chi connectivity index (χ1v) is 11.6. The minimum absolute atomic E-state index is 0.0255. The van der Waals surface area contributed by atoms with Gasteiger partial charge in [0, 0.05) is 66.8 Å². The molecule has 1 aromatic heterocycles. The lowest BCUT2D eigenvalue weighted by molar-refractivity contribution is -0.142. The van der Waals surface area contributed by atoms with Crippen LogP contribution in [0.2, 0.25) is 0 Å². The summed E-state index contributed by atoms with van der Waals surface area (Å²) < 4.78 is 7.82. The van der Waals surface area contributed by atoms with E-state index in [9.17, 15) is 9.59 Å². The van der Waals surface area contributed by atoms with E-state index in [0.29, 0.717) is 39.3 Å². The van der Waals surface area contributed by atoms with E-state index < -0.39 is 0 Å². The van der Waals surface area contributed by atoms with Crippen LogP contribution in [0.1, 0.15) is 19.8 Å². The number of nitrogens with one attached hydrogen (secondary N) is 1. The Morgan fingerprint density at radius 1 is 1.03 bits per heavy atom. The summed E-state index contributed by atoms with van der Waals surface area (Å²) >= 11 is 0. The predicted octanol–water partition coefficient (Wildman–Crippen LogP) is 3.08. The molecular weight excluding hydrogens is 404 g/mol. The van der Waals surface area contributed by atoms with E-state index in [4.69, 9.17) is 4.74 Å². The molecule has 0 bridgehead atoms. The molecule has 0 aliphatic carbocycles. The Morgan fingerprint density at radius 2 is 1.81 bits per heavy atom. The predicted molar refractivity (Wildman–Crippen MR) is 126 cm³/mol. The van der Waals surface area contributed by atoms with Crippen molar-refractivity contribution in [1.82, 2.24) is 14.4 Å². The van der Waals surface area contributed by atoms with Gasteiger partial charge in [-0.2, -0.15) is 0 Å². The largest absolute Gasteiger partial charge is 0.368 e. The summed E-state index contributed by atoms with van der Waals surface area (Å²) in [7, 11) is 0. The smallest absolute Gasteiger partial charge is 0.251 e. The van der Waals surface area contributed by atoms with Gasteiger partial charge in [-0.25, -0.2) is 0 Å². The first kappa shape index (κ1) is 21.0. The van der Waals surface area contributed by atoms with Crippen LogP contribution in [0.25, 0.3) is 21.8 Å². The number of aromatic nitrogens is 1. The number of aryl methyl sites for hydroxylation is 1. The average molecular weight is 435 g/mol. The van der Waals surface area contributed by atoms with Crippen molar-refractivity contribution in [3.8, 4) is 0 Å². The Balaban J connectivity index is 1.21. The van der Waals surface area contributed by atoms with Crippen molar-refractivity contribution in [3.05, 3.63) is 42.5 Å². The number of hydrogen-bond acceptors (Lipinski definition) is 4.